The molecule has 2 fully saturated rings. The first-order chi connectivity index (χ1) is 15.2. The number of esters is 4. The quantitative estimate of drug-likeness (QED) is 0.256. The molecule has 0 N–H and O–H groups in total. The van der Waals surface area contributed by atoms with E-state index in [2.05, 4.69) is 0 Å². The molecule has 2 saturated carbocycles. The van der Waals surface area contributed by atoms with Crippen molar-refractivity contribution in [2.24, 2.45) is 34.5 Å². The topological polar surface area (TPSA) is 139 Å². The number of carbonyl (C=O) groups is 6. The number of Topliss-reactive ketones (excluding diaryl/α,β-unsaturated/α-hetero) is 2. The minimum atomic E-state index is -1.72. The van der Waals surface area contributed by atoms with Crippen molar-refractivity contribution in [2.45, 2.75) is 25.7 Å². The molecule has 2 unspecified atom stereocenters. The molecule has 3 aliphatic rings. The van der Waals surface area contributed by atoms with Crippen molar-refractivity contribution >= 4 is 35.4 Å². The lowest BCUT2D eigenvalue weighted by molar-refractivity contribution is -0.170. The van der Waals surface area contributed by atoms with Crippen LogP contribution >= 0.6 is 0 Å². The third-order valence-corrected chi connectivity index (χ3v) is 7.43. The van der Waals surface area contributed by atoms with Gasteiger partial charge in [0.25, 0.3) is 0 Å². The van der Waals surface area contributed by atoms with Gasteiger partial charge in [0.1, 0.15) is 23.7 Å². The molecule has 0 aliphatic heterocycles. The van der Waals surface area contributed by atoms with Crippen molar-refractivity contribution in [3.8, 4) is 0 Å². The SMILES string of the molecule is COC(=O)[C@@H]1C(=O)[C@@H](C(=O)OC)C23CCC=CCCC12[C@H](C(=O)OC)C(=O)[C@@H]3C(=O)OC. The molecule has 0 amide bonds. The molecule has 0 heterocycles. The molecular formula is C22H26O10. The van der Waals surface area contributed by atoms with E-state index >= 15 is 0 Å². The summed E-state index contributed by atoms with van der Waals surface area (Å²) >= 11 is 0. The first kappa shape index (κ1) is 23.6. The molecule has 6 atom stereocenters. The summed E-state index contributed by atoms with van der Waals surface area (Å²) in [5.41, 5.74) is -3.44. The minimum absolute atomic E-state index is 0.00149. The van der Waals surface area contributed by atoms with E-state index in [1.165, 1.54) is 0 Å². The second kappa shape index (κ2) is 8.48. The van der Waals surface area contributed by atoms with E-state index < -0.39 is 69.9 Å². The fourth-order valence-corrected chi connectivity index (χ4v) is 6.46. The summed E-state index contributed by atoms with van der Waals surface area (Å²) in [5.74, 6) is -12.1. The van der Waals surface area contributed by atoms with E-state index in [0.29, 0.717) is 12.8 Å². The second-order valence-electron chi connectivity index (χ2n) is 8.26. The Morgan fingerprint density at radius 2 is 0.875 bits per heavy atom. The van der Waals surface area contributed by atoms with Crippen LogP contribution in [0.4, 0.5) is 0 Å². The molecule has 0 saturated heterocycles. The Bertz CT molecular complexity index is 776. The maximum atomic E-state index is 13.7. The molecule has 0 radical (unpaired) electrons. The van der Waals surface area contributed by atoms with Gasteiger partial charge in [-0.25, -0.2) is 0 Å². The molecule has 0 aromatic heterocycles. The molecule has 174 valence electrons. The Hall–Kier alpha value is -3.04. The third-order valence-electron chi connectivity index (χ3n) is 7.43. The zero-order chi connectivity index (χ0) is 23.8. The zero-order valence-electron chi connectivity index (χ0n) is 18.4. The number of ether oxygens (including phenoxy) is 4. The molecule has 0 aromatic carbocycles. The number of ketones is 2. The van der Waals surface area contributed by atoms with Crippen LogP contribution < -0.4 is 0 Å². The zero-order valence-corrected chi connectivity index (χ0v) is 18.4. The van der Waals surface area contributed by atoms with Crippen LogP contribution in [0.25, 0.3) is 0 Å². The Kier molecular flexibility index (Phi) is 6.26. The molecule has 10 nitrogen and oxygen atoms in total. The van der Waals surface area contributed by atoms with Crippen LogP contribution in [0.15, 0.2) is 12.2 Å². The van der Waals surface area contributed by atoms with Crippen LogP contribution in [-0.4, -0.2) is 63.9 Å². The largest absolute Gasteiger partial charge is 0.468 e. The van der Waals surface area contributed by atoms with Gasteiger partial charge in [-0.2, -0.15) is 0 Å². The summed E-state index contributed by atoms with van der Waals surface area (Å²) in [6.45, 7) is 0. The highest BCUT2D eigenvalue weighted by Gasteiger charge is 2.85. The van der Waals surface area contributed by atoms with Gasteiger partial charge in [-0.15, -0.1) is 0 Å². The van der Waals surface area contributed by atoms with Gasteiger partial charge < -0.3 is 18.9 Å². The second-order valence-corrected chi connectivity index (χ2v) is 8.26. The van der Waals surface area contributed by atoms with Crippen LogP contribution in [0, 0.1) is 34.5 Å². The molecule has 0 bridgehead atoms. The number of hydrogen-bond acceptors (Lipinski definition) is 10. The molecular weight excluding hydrogens is 424 g/mol. The number of methoxy groups -OCH3 is 4. The summed E-state index contributed by atoms with van der Waals surface area (Å²) in [7, 11) is 4.29. The van der Waals surface area contributed by atoms with E-state index in [0.717, 1.165) is 28.4 Å². The van der Waals surface area contributed by atoms with Crippen molar-refractivity contribution in [3.63, 3.8) is 0 Å². The van der Waals surface area contributed by atoms with Gasteiger partial charge in [-0.05, 0) is 25.7 Å². The monoisotopic (exact) mass is 450 g/mol. The van der Waals surface area contributed by atoms with Gasteiger partial charge in [-0.3, -0.25) is 28.8 Å². The van der Waals surface area contributed by atoms with Gasteiger partial charge >= 0.3 is 23.9 Å². The van der Waals surface area contributed by atoms with E-state index in [4.69, 9.17) is 18.9 Å². The highest BCUT2D eigenvalue weighted by atomic mass is 16.5. The fraction of sp³-hybridized carbons (Fsp3) is 0.636. The number of carbonyl (C=O) groups excluding carboxylic acids is 6. The molecule has 3 aliphatic carbocycles. The minimum Gasteiger partial charge on any atom is -0.468 e. The summed E-state index contributed by atoms with van der Waals surface area (Å²) in [6, 6.07) is 0. The van der Waals surface area contributed by atoms with Crippen LogP contribution in [0.3, 0.4) is 0 Å². The van der Waals surface area contributed by atoms with Gasteiger partial charge in [-0.1, -0.05) is 12.2 Å². The standard InChI is InChI=1S/C22H26O10/c1-29-17(25)11-15(23)12(18(26)30-2)22-10-8-6-5-7-9-21(11,22)13(19(27)31-3)16(24)14(22)20(28)32-4/h5-6,11-14H,7-10H2,1-4H3/t11-,12-,13-,14+,21?,22?/m0/s1. The summed E-state index contributed by atoms with van der Waals surface area (Å²) in [6.07, 6.45) is 4.22. The van der Waals surface area contributed by atoms with Crippen molar-refractivity contribution in [2.75, 3.05) is 28.4 Å². The Morgan fingerprint density at radius 1 is 0.625 bits per heavy atom. The Morgan fingerprint density at radius 3 is 1.09 bits per heavy atom. The number of rotatable bonds is 4. The van der Waals surface area contributed by atoms with Gasteiger partial charge in [0.15, 0.2) is 11.6 Å². The lowest BCUT2D eigenvalue weighted by Gasteiger charge is -2.47. The fourth-order valence-electron chi connectivity index (χ4n) is 6.46. The summed E-state index contributed by atoms with van der Waals surface area (Å²) in [4.78, 5) is 79.3. The van der Waals surface area contributed by atoms with E-state index in [9.17, 15) is 28.8 Å². The molecule has 3 rings (SSSR count). The highest BCUT2D eigenvalue weighted by molar-refractivity contribution is 6.20. The van der Waals surface area contributed by atoms with Crippen LogP contribution in [-0.2, 0) is 47.7 Å². The van der Waals surface area contributed by atoms with Crippen LogP contribution in [0.1, 0.15) is 25.7 Å². The first-order valence-electron chi connectivity index (χ1n) is 10.2. The van der Waals surface area contributed by atoms with Gasteiger partial charge in [0, 0.05) is 10.8 Å². The lowest BCUT2D eigenvalue weighted by Crippen LogP contribution is -2.52. The normalized spacial score (nSPS) is 35.8. The molecule has 0 spiro atoms. The van der Waals surface area contributed by atoms with Crippen molar-refractivity contribution < 1.29 is 47.7 Å². The summed E-state index contributed by atoms with van der Waals surface area (Å²) in [5, 5.41) is 0. The third kappa shape index (κ3) is 2.77. The van der Waals surface area contributed by atoms with Crippen LogP contribution in [0.5, 0.6) is 0 Å². The van der Waals surface area contributed by atoms with Crippen molar-refractivity contribution in [1.82, 2.24) is 0 Å². The predicted molar refractivity (Wildman–Crippen MR) is 105 cm³/mol. The van der Waals surface area contributed by atoms with Gasteiger partial charge in [0.05, 0.1) is 28.4 Å². The first-order valence-corrected chi connectivity index (χ1v) is 10.2. The number of hydrogen-bond donors (Lipinski definition) is 0. The maximum absolute atomic E-state index is 13.7. The maximum Gasteiger partial charge on any atom is 0.316 e. The van der Waals surface area contributed by atoms with Gasteiger partial charge in [0.2, 0.25) is 0 Å². The smallest absolute Gasteiger partial charge is 0.316 e. The van der Waals surface area contributed by atoms with Crippen LogP contribution in [0.2, 0.25) is 0 Å². The van der Waals surface area contributed by atoms with Crippen molar-refractivity contribution in [1.29, 1.82) is 0 Å². The Labute approximate surface area is 184 Å². The molecule has 10 heteroatoms. The lowest BCUT2D eigenvalue weighted by atomic mass is 9.53. The molecule has 0 aromatic rings. The Balaban J connectivity index is 2.49. The molecule has 32 heavy (non-hydrogen) atoms. The highest BCUT2D eigenvalue weighted by Crippen LogP contribution is 2.74. The van der Waals surface area contributed by atoms with E-state index in [-0.39, 0.29) is 12.8 Å². The van der Waals surface area contributed by atoms with Crippen molar-refractivity contribution in [3.05, 3.63) is 12.2 Å². The average molecular weight is 450 g/mol. The predicted octanol–water partition coefficient (Wildman–Crippen LogP) is 0.412. The van der Waals surface area contributed by atoms with E-state index in [1.807, 2.05) is 12.2 Å². The average Bonchev–Trinajstić information content (AvgIpc) is 3.09. The number of allylic oxidation sites excluding steroid dienone is 2. The summed E-state index contributed by atoms with van der Waals surface area (Å²) < 4.78 is 19.6. The van der Waals surface area contributed by atoms with E-state index in [1.54, 1.807) is 0 Å².